The predicted molar refractivity (Wildman–Crippen MR) is 95.2 cm³/mol. The van der Waals surface area contributed by atoms with E-state index in [1.807, 2.05) is 19.1 Å². The van der Waals surface area contributed by atoms with E-state index in [9.17, 15) is 4.79 Å². The van der Waals surface area contributed by atoms with E-state index in [2.05, 4.69) is 15.4 Å². The van der Waals surface area contributed by atoms with Crippen LogP contribution in [-0.4, -0.2) is 33.8 Å². The number of nitrogens with one attached hydrogen (secondary N) is 1. The molecular formula is C15H18N6OS. The molecule has 1 aliphatic rings. The highest BCUT2D eigenvalue weighted by molar-refractivity contribution is 7.80. The van der Waals surface area contributed by atoms with Crippen molar-refractivity contribution in [2.75, 3.05) is 18.0 Å². The van der Waals surface area contributed by atoms with Crippen molar-refractivity contribution < 1.29 is 0 Å². The largest absolute Gasteiger partial charge is 0.375 e. The standard InChI is InChI=1S/C15H18N6OS/c1-10-5-4-8-21-12(10)18-13(20-6-2-3-7-20)11(14(21)22)9-17-19-15(16)23/h4-5,8-9H,2-3,6-7H2,1H3,(H3,16,19,23)/b17-9-. The van der Waals surface area contributed by atoms with Crippen LogP contribution in [0.15, 0.2) is 28.2 Å². The summed E-state index contributed by atoms with van der Waals surface area (Å²) >= 11 is 4.72. The average molecular weight is 330 g/mol. The molecule has 3 rings (SSSR count). The maximum atomic E-state index is 12.8. The Morgan fingerprint density at radius 1 is 1.48 bits per heavy atom. The van der Waals surface area contributed by atoms with Crippen molar-refractivity contribution in [3.8, 4) is 0 Å². The zero-order valence-electron chi connectivity index (χ0n) is 12.8. The molecule has 120 valence electrons. The molecule has 3 heterocycles. The summed E-state index contributed by atoms with van der Waals surface area (Å²) in [6, 6.07) is 3.77. The molecular weight excluding hydrogens is 312 g/mol. The Balaban J connectivity index is 2.19. The number of hydrazone groups is 1. The second-order valence-corrected chi connectivity index (χ2v) is 5.91. The Morgan fingerprint density at radius 2 is 2.22 bits per heavy atom. The van der Waals surface area contributed by atoms with E-state index in [0.29, 0.717) is 17.0 Å². The number of nitrogens with zero attached hydrogens (tertiary/aromatic N) is 4. The topological polar surface area (TPSA) is 88.0 Å². The van der Waals surface area contributed by atoms with Crippen LogP contribution in [-0.2, 0) is 0 Å². The lowest BCUT2D eigenvalue weighted by molar-refractivity contribution is 0.912. The molecule has 0 aliphatic carbocycles. The van der Waals surface area contributed by atoms with E-state index in [0.717, 1.165) is 31.5 Å². The fraction of sp³-hybridized carbons (Fsp3) is 0.333. The molecule has 0 aromatic carbocycles. The number of fused-ring (bicyclic) bond motifs is 1. The number of aromatic nitrogens is 2. The minimum atomic E-state index is -0.158. The molecule has 1 fully saturated rings. The summed E-state index contributed by atoms with van der Waals surface area (Å²) in [5.41, 5.74) is 9.74. The highest BCUT2D eigenvalue weighted by Gasteiger charge is 2.20. The average Bonchev–Trinajstić information content (AvgIpc) is 3.04. The fourth-order valence-electron chi connectivity index (χ4n) is 2.74. The highest BCUT2D eigenvalue weighted by Crippen LogP contribution is 2.21. The molecule has 1 aliphatic heterocycles. The van der Waals surface area contributed by atoms with Crippen molar-refractivity contribution in [1.82, 2.24) is 14.8 Å². The van der Waals surface area contributed by atoms with E-state index in [4.69, 9.17) is 22.9 Å². The third-order valence-electron chi connectivity index (χ3n) is 3.84. The molecule has 0 atom stereocenters. The number of aryl methyl sites for hydroxylation is 1. The third-order valence-corrected chi connectivity index (χ3v) is 3.93. The van der Waals surface area contributed by atoms with Gasteiger partial charge in [-0.1, -0.05) is 6.07 Å². The number of nitrogens with two attached hydrogens (primary N) is 1. The van der Waals surface area contributed by atoms with Crippen LogP contribution < -0.4 is 21.6 Å². The molecule has 0 amide bonds. The van der Waals surface area contributed by atoms with Gasteiger partial charge in [0, 0.05) is 19.3 Å². The van der Waals surface area contributed by atoms with Gasteiger partial charge in [0.15, 0.2) is 5.11 Å². The van der Waals surface area contributed by atoms with Gasteiger partial charge in [-0.25, -0.2) is 4.98 Å². The summed E-state index contributed by atoms with van der Waals surface area (Å²) in [5, 5.41) is 3.99. The van der Waals surface area contributed by atoms with Crippen molar-refractivity contribution in [2.45, 2.75) is 19.8 Å². The van der Waals surface area contributed by atoms with Gasteiger partial charge in [-0.05, 0) is 43.6 Å². The molecule has 8 heteroatoms. The van der Waals surface area contributed by atoms with E-state index >= 15 is 0 Å². The van der Waals surface area contributed by atoms with E-state index < -0.39 is 0 Å². The van der Waals surface area contributed by atoms with Crippen LogP contribution in [0, 0.1) is 6.92 Å². The van der Waals surface area contributed by atoms with E-state index in [-0.39, 0.29) is 10.7 Å². The molecule has 2 aromatic rings. The van der Waals surface area contributed by atoms with Crippen molar-refractivity contribution in [1.29, 1.82) is 0 Å². The van der Waals surface area contributed by atoms with Crippen molar-refractivity contribution in [2.24, 2.45) is 10.8 Å². The summed E-state index contributed by atoms with van der Waals surface area (Å²) in [4.78, 5) is 19.7. The molecule has 0 radical (unpaired) electrons. The maximum Gasteiger partial charge on any atom is 0.268 e. The lowest BCUT2D eigenvalue weighted by Crippen LogP contribution is -2.29. The van der Waals surface area contributed by atoms with Crippen molar-refractivity contribution in [3.05, 3.63) is 39.8 Å². The molecule has 0 spiro atoms. The second kappa shape index (κ2) is 6.33. The summed E-state index contributed by atoms with van der Waals surface area (Å²) < 4.78 is 1.54. The molecule has 0 unspecified atom stereocenters. The third kappa shape index (κ3) is 3.02. The molecule has 0 saturated carbocycles. The molecule has 7 nitrogen and oxygen atoms in total. The van der Waals surface area contributed by atoms with Gasteiger partial charge >= 0.3 is 0 Å². The minimum Gasteiger partial charge on any atom is -0.375 e. The monoisotopic (exact) mass is 330 g/mol. The summed E-state index contributed by atoms with van der Waals surface area (Å²) in [6.45, 7) is 3.72. The van der Waals surface area contributed by atoms with Gasteiger partial charge in [-0.2, -0.15) is 5.10 Å². The van der Waals surface area contributed by atoms with Crippen LogP contribution in [0.4, 0.5) is 5.82 Å². The Bertz CT molecular complexity index is 838. The number of thiocarbonyl (C=S) groups is 1. The van der Waals surface area contributed by atoms with Crippen LogP contribution in [0.2, 0.25) is 0 Å². The molecule has 3 N–H and O–H groups in total. The quantitative estimate of drug-likeness (QED) is 0.491. The number of hydrogen-bond acceptors (Lipinski definition) is 5. The predicted octanol–water partition coefficient (Wildman–Crippen LogP) is 0.770. The first kappa shape index (κ1) is 15.4. The van der Waals surface area contributed by atoms with Gasteiger partial charge in [-0.3, -0.25) is 14.6 Å². The summed E-state index contributed by atoms with van der Waals surface area (Å²) in [6.07, 6.45) is 5.34. The Morgan fingerprint density at radius 3 is 2.91 bits per heavy atom. The first-order valence-corrected chi connectivity index (χ1v) is 7.84. The Hall–Kier alpha value is -2.48. The van der Waals surface area contributed by atoms with Crippen LogP contribution in [0.5, 0.6) is 0 Å². The number of anilines is 1. The lowest BCUT2D eigenvalue weighted by Gasteiger charge is -2.19. The first-order valence-electron chi connectivity index (χ1n) is 7.43. The van der Waals surface area contributed by atoms with Crippen LogP contribution in [0.1, 0.15) is 24.0 Å². The van der Waals surface area contributed by atoms with Gasteiger partial charge < -0.3 is 10.6 Å². The maximum absolute atomic E-state index is 12.8. The van der Waals surface area contributed by atoms with Crippen LogP contribution >= 0.6 is 12.2 Å². The summed E-state index contributed by atoms with van der Waals surface area (Å²) in [5.74, 6) is 0.662. The Labute approximate surface area is 138 Å². The molecule has 0 bridgehead atoms. The highest BCUT2D eigenvalue weighted by atomic mass is 32.1. The zero-order chi connectivity index (χ0) is 16.4. The number of hydrogen-bond donors (Lipinski definition) is 2. The van der Waals surface area contributed by atoms with Crippen LogP contribution in [0.3, 0.4) is 0 Å². The van der Waals surface area contributed by atoms with E-state index in [1.165, 1.54) is 10.6 Å². The van der Waals surface area contributed by atoms with E-state index in [1.54, 1.807) is 6.20 Å². The van der Waals surface area contributed by atoms with Crippen molar-refractivity contribution >= 4 is 35.0 Å². The van der Waals surface area contributed by atoms with Gasteiger partial charge in [0.05, 0.1) is 6.21 Å². The van der Waals surface area contributed by atoms with Crippen LogP contribution in [0.25, 0.3) is 5.65 Å². The first-order chi connectivity index (χ1) is 11.1. The minimum absolute atomic E-state index is 0.0497. The second-order valence-electron chi connectivity index (χ2n) is 5.47. The molecule has 23 heavy (non-hydrogen) atoms. The molecule has 2 aromatic heterocycles. The van der Waals surface area contributed by atoms with Gasteiger partial charge in [0.25, 0.3) is 5.56 Å². The Kier molecular flexibility index (Phi) is 4.24. The fourth-order valence-corrected chi connectivity index (χ4v) is 2.80. The van der Waals surface area contributed by atoms with Gasteiger partial charge in [0.1, 0.15) is 17.0 Å². The number of pyridine rings is 1. The normalized spacial score (nSPS) is 14.7. The number of rotatable bonds is 3. The molecule has 1 saturated heterocycles. The lowest BCUT2D eigenvalue weighted by atomic mass is 10.2. The summed E-state index contributed by atoms with van der Waals surface area (Å²) in [7, 11) is 0. The van der Waals surface area contributed by atoms with Crippen molar-refractivity contribution in [3.63, 3.8) is 0 Å². The van der Waals surface area contributed by atoms with Gasteiger partial charge in [0.2, 0.25) is 0 Å². The zero-order valence-corrected chi connectivity index (χ0v) is 13.6. The smallest absolute Gasteiger partial charge is 0.268 e. The SMILES string of the molecule is Cc1cccn2c(=O)c(/C=N\NC(N)=S)c(N3CCCC3)nc12. The van der Waals surface area contributed by atoms with Gasteiger partial charge in [-0.15, -0.1) is 0 Å².